The lowest BCUT2D eigenvalue weighted by molar-refractivity contribution is -0.904. The summed E-state index contributed by atoms with van der Waals surface area (Å²) < 4.78 is 4.26. The molecule has 0 fully saturated rings. The van der Waals surface area contributed by atoms with Gasteiger partial charge in [0.25, 0.3) is 0 Å². The second kappa shape index (κ2) is 4.75. The molecule has 0 spiro atoms. The molecule has 1 rings (SSSR count). The van der Waals surface area contributed by atoms with Gasteiger partial charge in [-0.25, -0.2) is 0 Å². The average Bonchev–Trinajstić information content (AvgIpc) is 2.07. The zero-order valence-corrected chi connectivity index (χ0v) is 12.5. The zero-order chi connectivity index (χ0) is 13.3. The molecular weight excluding hydrogens is 210 g/mol. The van der Waals surface area contributed by atoms with Gasteiger partial charge in [-0.3, -0.25) is 0 Å². The average molecular weight is 238 g/mol. The molecule has 0 atom stereocenters. The molecule has 1 aromatic rings. The topological polar surface area (TPSA) is 3.88 Å². The lowest BCUT2D eigenvalue weighted by Gasteiger charge is -2.24. The van der Waals surface area contributed by atoms with Crippen LogP contribution in [0.1, 0.15) is 11.4 Å². The quantitative estimate of drug-likeness (QED) is 0.543. The smallest absolute Gasteiger partial charge is 0.236 e. The summed E-state index contributed by atoms with van der Waals surface area (Å²) in [5, 5.41) is 0. The Balaban J connectivity index is 3.00. The summed E-state index contributed by atoms with van der Waals surface area (Å²) in [6.45, 7) is 2.11. The van der Waals surface area contributed by atoms with Gasteiger partial charge in [0.05, 0.1) is 42.3 Å². The van der Waals surface area contributed by atoms with Crippen molar-refractivity contribution < 1.29 is 13.5 Å². The van der Waals surface area contributed by atoms with Crippen LogP contribution in [0.15, 0.2) is 18.2 Å². The third kappa shape index (κ3) is 4.84. The van der Waals surface area contributed by atoms with E-state index in [0.717, 1.165) is 22.1 Å². The minimum absolute atomic E-state index is 0.960. The predicted molar refractivity (Wildman–Crippen MR) is 71.1 cm³/mol. The lowest BCUT2D eigenvalue weighted by atomic mass is 10.2. The largest absolute Gasteiger partial charge is 0.322 e. The summed E-state index contributed by atoms with van der Waals surface area (Å²) in [4.78, 5) is 0. The van der Waals surface area contributed by atoms with Crippen LogP contribution >= 0.6 is 0 Å². The molecule has 3 nitrogen and oxygen atoms in total. The van der Waals surface area contributed by atoms with Crippen LogP contribution in [-0.4, -0.2) is 51.3 Å². The summed E-state index contributed by atoms with van der Waals surface area (Å²) in [6, 6.07) is 6.63. The van der Waals surface area contributed by atoms with E-state index in [9.17, 15) is 0 Å². The van der Waals surface area contributed by atoms with E-state index in [4.69, 9.17) is 0 Å². The number of pyridine rings is 1. The van der Waals surface area contributed by atoms with Gasteiger partial charge in [-0.1, -0.05) is 0 Å². The van der Waals surface area contributed by atoms with E-state index < -0.39 is 0 Å². The highest BCUT2D eigenvalue weighted by Crippen LogP contribution is 2.06. The van der Waals surface area contributed by atoms with Crippen molar-refractivity contribution in [1.29, 1.82) is 0 Å². The van der Waals surface area contributed by atoms with Gasteiger partial charge in [0.15, 0.2) is 13.1 Å². The molecule has 0 saturated carbocycles. The Hall–Kier alpha value is -0.930. The zero-order valence-electron chi connectivity index (χ0n) is 12.5. The van der Waals surface area contributed by atoms with Crippen LogP contribution in [0, 0.1) is 0 Å². The highest BCUT2D eigenvalue weighted by Gasteiger charge is 2.22. The standard InChI is InChI=1S/C14H28N3/c1-15-13(11-16(2,3)4)9-8-10-14(15)12-17(5,6)7/h8-10H,11-12H2,1-7H3/q+3. The number of nitrogens with zero attached hydrogens (tertiary/aromatic N) is 3. The molecule has 0 bridgehead atoms. The highest BCUT2D eigenvalue weighted by molar-refractivity contribution is 5.02. The molecule has 0 radical (unpaired) electrons. The summed E-state index contributed by atoms with van der Waals surface area (Å²) >= 11 is 0. The van der Waals surface area contributed by atoms with E-state index in [0.29, 0.717) is 0 Å². The Kier molecular flexibility index (Phi) is 3.95. The van der Waals surface area contributed by atoms with Gasteiger partial charge in [-0.05, 0) is 6.07 Å². The fourth-order valence-electron chi connectivity index (χ4n) is 1.97. The maximum Gasteiger partial charge on any atom is 0.236 e. The summed E-state index contributed by atoms with van der Waals surface area (Å²) in [5.74, 6) is 0. The summed E-state index contributed by atoms with van der Waals surface area (Å²) in [5.41, 5.74) is 2.78. The molecule has 3 heteroatoms. The number of hydrogen-bond donors (Lipinski definition) is 0. The molecule has 1 heterocycles. The fourth-order valence-corrected chi connectivity index (χ4v) is 1.97. The second-order valence-electron chi connectivity index (χ2n) is 6.96. The van der Waals surface area contributed by atoms with Crippen molar-refractivity contribution >= 4 is 0 Å². The Morgan fingerprint density at radius 1 is 0.824 bits per heavy atom. The van der Waals surface area contributed by atoms with Crippen LogP contribution in [-0.2, 0) is 20.1 Å². The maximum atomic E-state index is 2.34. The Bertz CT molecular complexity index is 349. The van der Waals surface area contributed by atoms with Crippen molar-refractivity contribution in [2.75, 3.05) is 42.3 Å². The Morgan fingerprint density at radius 3 is 1.47 bits per heavy atom. The lowest BCUT2D eigenvalue weighted by Crippen LogP contribution is -2.47. The number of aromatic nitrogens is 1. The van der Waals surface area contributed by atoms with E-state index in [-0.39, 0.29) is 0 Å². The van der Waals surface area contributed by atoms with E-state index in [1.165, 1.54) is 11.4 Å². The molecular formula is C14H28N3+3. The van der Waals surface area contributed by atoms with Gasteiger partial charge in [0.2, 0.25) is 11.4 Å². The van der Waals surface area contributed by atoms with Gasteiger partial charge in [0.1, 0.15) is 7.05 Å². The van der Waals surface area contributed by atoms with Gasteiger partial charge >= 0.3 is 0 Å². The van der Waals surface area contributed by atoms with Crippen LogP contribution in [0.5, 0.6) is 0 Å². The van der Waals surface area contributed by atoms with Gasteiger partial charge in [0, 0.05) is 12.1 Å². The molecule has 0 aromatic carbocycles. The van der Waals surface area contributed by atoms with Crippen molar-refractivity contribution in [3.8, 4) is 0 Å². The van der Waals surface area contributed by atoms with E-state index in [1.54, 1.807) is 0 Å². The molecule has 1 aromatic heterocycles. The molecule has 0 aliphatic heterocycles. The maximum absolute atomic E-state index is 2.34. The third-order valence-corrected chi connectivity index (χ3v) is 2.71. The van der Waals surface area contributed by atoms with Crippen LogP contribution < -0.4 is 4.57 Å². The fraction of sp³-hybridized carbons (Fsp3) is 0.643. The van der Waals surface area contributed by atoms with E-state index in [1.807, 2.05) is 0 Å². The number of quaternary nitrogens is 2. The van der Waals surface area contributed by atoms with Crippen molar-refractivity contribution in [2.24, 2.45) is 7.05 Å². The SMILES string of the molecule is C[n+]1c(C[N+](C)(C)C)cccc1C[N+](C)(C)C. The first-order valence-corrected chi connectivity index (χ1v) is 6.16. The molecule has 0 amide bonds. The van der Waals surface area contributed by atoms with Crippen molar-refractivity contribution in [3.63, 3.8) is 0 Å². The van der Waals surface area contributed by atoms with Crippen LogP contribution in [0.2, 0.25) is 0 Å². The first-order valence-electron chi connectivity index (χ1n) is 6.16. The van der Waals surface area contributed by atoms with Gasteiger partial charge in [-0.15, -0.1) is 0 Å². The van der Waals surface area contributed by atoms with Gasteiger partial charge in [-0.2, -0.15) is 4.57 Å². The first-order chi connectivity index (χ1) is 7.58. The molecule has 0 saturated heterocycles. The third-order valence-electron chi connectivity index (χ3n) is 2.71. The minimum atomic E-state index is 0.960. The molecule has 0 aliphatic carbocycles. The number of hydrogen-bond acceptors (Lipinski definition) is 0. The monoisotopic (exact) mass is 238 g/mol. The highest BCUT2D eigenvalue weighted by atomic mass is 15.3. The van der Waals surface area contributed by atoms with Crippen LogP contribution in [0.25, 0.3) is 0 Å². The van der Waals surface area contributed by atoms with E-state index >= 15 is 0 Å². The Morgan fingerprint density at radius 2 is 1.18 bits per heavy atom. The molecule has 0 unspecified atom stereocenters. The molecule has 0 aliphatic rings. The molecule has 17 heavy (non-hydrogen) atoms. The minimum Gasteiger partial charge on any atom is -0.322 e. The molecule has 96 valence electrons. The predicted octanol–water partition coefficient (Wildman–Crippen LogP) is 0.923. The first kappa shape index (κ1) is 14.1. The van der Waals surface area contributed by atoms with Crippen LogP contribution in [0.3, 0.4) is 0 Å². The summed E-state index contributed by atoms with van der Waals surface area (Å²) in [7, 11) is 15.5. The Labute approximate surface area is 106 Å². The molecule has 0 N–H and O–H groups in total. The van der Waals surface area contributed by atoms with Crippen molar-refractivity contribution in [3.05, 3.63) is 29.6 Å². The summed E-state index contributed by atoms with van der Waals surface area (Å²) in [6.07, 6.45) is 0. The van der Waals surface area contributed by atoms with Crippen molar-refractivity contribution in [2.45, 2.75) is 13.1 Å². The normalized spacial score (nSPS) is 12.9. The number of rotatable bonds is 4. The van der Waals surface area contributed by atoms with E-state index in [2.05, 4.69) is 72.1 Å². The van der Waals surface area contributed by atoms with Gasteiger partial charge < -0.3 is 8.97 Å². The second-order valence-corrected chi connectivity index (χ2v) is 6.96. The van der Waals surface area contributed by atoms with Crippen LogP contribution in [0.4, 0.5) is 0 Å². The van der Waals surface area contributed by atoms with Crippen molar-refractivity contribution in [1.82, 2.24) is 0 Å².